The largest absolute Gasteiger partial charge is 0.573 e. The van der Waals surface area contributed by atoms with Crippen molar-refractivity contribution in [1.82, 2.24) is 5.32 Å². The molecule has 0 aliphatic heterocycles. The van der Waals surface area contributed by atoms with Crippen LogP contribution in [0.1, 0.15) is 17.3 Å². The van der Waals surface area contributed by atoms with Crippen LogP contribution < -0.4 is 15.8 Å². The van der Waals surface area contributed by atoms with E-state index in [1.54, 1.807) is 6.92 Å². The molecule has 116 valence electrons. The molecule has 1 atom stereocenters. The molecular formula is C12H14F3N3O3. The molecule has 1 rings (SSSR count). The highest BCUT2D eigenvalue weighted by atomic mass is 19.4. The normalized spacial score (nSPS) is 13.6. The van der Waals surface area contributed by atoms with Gasteiger partial charge in [0.05, 0.1) is 0 Å². The Bertz CT molecular complexity index is 515. The number of carbonyl (C=O) groups is 1. The number of amides is 1. The molecule has 6 nitrogen and oxygen atoms in total. The third kappa shape index (κ3) is 5.59. The van der Waals surface area contributed by atoms with Gasteiger partial charge in [-0.05, 0) is 24.3 Å². The Morgan fingerprint density at radius 3 is 2.48 bits per heavy atom. The summed E-state index contributed by atoms with van der Waals surface area (Å²) in [5.41, 5.74) is 5.51. The molecule has 0 saturated heterocycles. The maximum absolute atomic E-state index is 12.0. The van der Waals surface area contributed by atoms with Crippen molar-refractivity contribution in [2.75, 3.05) is 6.54 Å². The molecule has 1 aromatic rings. The van der Waals surface area contributed by atoms with Crippen molar-refractivity contribution in [2.45, 2.75) is 13.3 Å². The monoisotopic (exact) mass is 305 g/mol. The van der Waals surface area contributed by atoms with E-state index in [-0.39, 0.29) is 23.9 Å². The lowest BCUT2D eigenvalue weighted by atomic mass is 10.1. The number of hydrogen-bond acceptors (Lipinski definition) is 4. The zero-order chi connectivity index (χ0) is 16.0. The molecule has 1 aromatic carbocycles. The van der Waals surface area contributed by atoms with E-state index in [0.717, 1.165) is 12.1 Å². The standard InChI is InChI=1S/C12H14F3N3O3/c1-7(10(16)18-20)6-17-11(19)8-2-4-9(5-3-8)21-12(13,14)15/h2-5,7,20H,6H2,1H3,(H2,16,18)(H,17,19). The van der Waals surface area contributed by atoms with Gasteiger partial charge in [0.2, 0.25) is 0 Å². The predicted molar refractivity (Wildman–Crippen MR) is 68.0 cm³/mol. The third-order valence-electron chi connectivity index (χ3n) is 2.54. The fraction of sp³-hybridized carbons (Fsp3) is 0.333. The zero-order valence-corrected chi connectivity index (χ0v) is 11.0. The molecule has 0 radical (unpaired) electrons. The van der Waals surface area contributed by atoms with E-state index in [0.29, 0.717) is 0 Å². The summed E-state index contributed by atoms with van der Waals surface area (Å²) in [5.74, 6) is -1.33. The average Bonchev–Trinajstić information content (AvgIpc) is 2.42. The number of alkyl halides is 3. The first-order valence-electron chi connectivity index (χ1n) is 5.84. The van der Waals surface area contributed by atoms with Crippen LogP contribution in [0.15, 0.2) is 29.4 Å². The van der Waals surface area contributed by atoms with E-state index >= 15 is 0 Å². The van der Waals surface area contributed by atoms with Gasteiger partial charge in [0.25, 0.3) is 5.91 Å². The zero-order valence-electron chi connectivity index (χ0n) is 11.0. The fourth-order valence-corrected chi connectivity index (χ4v) is 1.36. The highest BCUT2D eigenvalue weighted by Crippen LogP contribution is 2.22. The lowest BCUT2D eigenvalue weighted by Crippen LogP contribution is -2.34. The number of halogens is 3. The van der Waals surface area contributed by atoms with Crippen molar-refractivity contribution >= 4 is 11.7 Å². The number of ether oxygens (including phenoxy) is 1. The first-order valence-corrected chi connectivity index (χ1v) is 5.84. The molecule has 0 aromatic heterocycles. The molecular weight excluding hydrogens is 291 g/mol. The van der Waals surface area contributed by atoms with Crippen LogP contribution in [-0.2, 0) is 0 Å². The van der Waals surface area contributed by atoms with Crippen LogP contribution in [0.3, 0.4) is 0 Å². The Hall–Kier alpha value is -2.45. The van der Waals surface area contributed by atoms with Crippen LogP contribution >= 0.6 is 0 Å². The molecule has 0 saturated carbocycles. The van der Waals surface area contributed by atoms with E-state index in [4.69, 9.17) is 10.9 Å². The SMILES string of the molecule is CC(CNC(=O)c1ccc(OC(F)(F)F)cc1)/C(N)=N/O. The van der Waals surface area contributed by atoms with Crippen LogP contribution in [0.4, 0.5) is 13.2 Å². The molecule has 0 heterocycles. The van der Waals surface area contributed by atoms with Crippen molar-refractivity contribution in [1.29, 1.82) is 0 Å². The van der Waals surface area contributed by atoms with Gasteiger partial charge in [-0.25, -0.2) is 0 Å². The van der Waals surface area contributed by atoms with Crippen LogP contribution in [0, 0.1) is 5.92 Å². The Kier molecular flexibility index (Phi) is 5.39. The highest BCUT2D eigenvalue weighted by Gasteiger charge is 2.31. The number of hydrogen-bond donors (Lipinski definition) is 3. The second kappa shape index (κ2) is 6.82. The lowest BCUT2D eigenvalue weighted by Gasteiger charge is -2.12. The summed E-state index contributed by atoms with van der Waals surface area (Å²) in [5, 5.41) is 13.8. The van der Waals surface area contributed by atoms with Crippen molar-refractivity contribution in [2.24, 2.45) is 16.8 Å². The van der Waals surface area contributed by atoms with Crippen LogP contribution in [0.5, 0.6) is 5.75 Å². The second-order valence-corrected chi connectivity index (χ2v) is 4.21. The molecule has 9 heteroatoms. The number of nitrogens with one attached hydrogen (secondary N) is 1. The minimum absolute atomic E-state index is 0.0378. The van der Waals surface area contributed by atoms with Crippen molar-refractivity contribution in [3.63, 3.8) is 0 Å². The third-order valence-corrected chi connectivity index (χ3v) is 2.54. The summed E-state index contributed by atoms with van der Waals surface area (Å²) in [7, 11) is 0. The second-order valence-electron chi connectivity index (χ2n) is 4.21. The number of nitrogens with two attached hydrogens (primary N) is 1. The summed E-state index contributed by atoms with van der Waals surface area (Å²) in [6.45, 7) is 1.76. The van der Waals surface area contributed by atoms with Crippen LogP contribution in [-0.4, -0.2) is 29.9 Å². The topological polar surface area (TPSA) is 96.9 Å². The Balaban J connectivity index is 2.60. The van der Waals surface area contributed by atoms with Gasteiger partial charge in [0.15, 0.2) is 0 Å². The summed E-state index contributed by atoms with van der Waals surface area (Å²) in [4.78, 5) is 11.7. The van der Waals surface area contributed by atoms with Gasteiger partial charge >= 0.3 is 6.36 Å². The van der Waals surface area contributed by atoms with Crippen molar-refractivity contribution in [3.05, 3.63) is 29.8 Å². The Labute approximate surface area is 118 Å². The molecule has 1 amide bonds. The summed E-state index contributed by atoms with van der Waals surface area (Å²) < 4.78 is 39.6. The van der Waals surface area contributed by atoms with Crippen molar-refractivity contribution < 1.29 is 27.9 Å². The van der Waals surface area contributed by atoms with E-state index in [1.165, 1.54) is 12.1 Å². The van der Waals surface area contributed by atoms with E-state index < -0.39 is 18.0 Å². The number of benzene rings is 1. The van der Waals surface area contributed by atoms with Gasteiger partial charge in [-0.1, -0.05) is 12.1 Å². The lowest BCUT2D eigenvalue weighted by molar-refractivity contribution is -0.274. The Morgan fingerprint density at radius 1 is 1.43 bits per heavy atom. The van der Waals surface area contributed by atoms with Crippen LogP contribution in [0.2, 0.25) is 0 Å². The molecule has 0 spiro atoms. The first kappa shape index (κ1) is 16.6. The van der Waals surface area contributed by atoms with Crippen molar-refractivity contribution in [3.8, 4) is 5.75 Å². The molecule has 4 N–H and O–H groups in total. The van der Waals surface area contributed by atoms with E-state index in [9.17, 15) is 18.0 Å². The highest BCUT2D eigenvalue weighted by molar-refractivity contribution is 5.94. The smallest absolute Gasteiger partial charge is 0.409 e. The molecule has 0 aliphatic carbocycles. The van der Waals surface area contributed by atoms with Gasteiger partial charge in [0.1, 0.15) is 11.6 Å². The Morgan fingerprint density at radius 2 is 2.00 bits per heavy atom. The summed E-state index contributed by atoms with van der Waals surface area (Å²) >= 11 is 0. The average molecular weight is 305 g/mol. The van der Waals surface area contributed by atoms with Gasteiger partial charge in [-0.15, -0.1) is 13.2 Å². The molecule has 1 unspecified atom stereocenters. The number of nitrogens with zero attached hydrogens (tertiary/aromatic N) is 1. The van der Waals surface area contributed by atoms with Gasteiger partial charge in [-0.2, -0.15) is 0 Å². The van der Waals surface area contributed by atoms with Gasteiger partial charge < -0.3 is 21.0 Å². The number of amidine groups is 1. The predicted octanol–water partition coefficient (Wildman–Crippen LogP) is 1.70. The summed E-state index contributed by atoms with van der Waals surface area (Å²) in [6, 6.07) is 4.47. The summed E-state index contributed by atoms with van der Waals surface area (Å²) in [6.07, 6.45) is -4.78. The van der Waals surface area contributed by atoms with E-state index in [2.05, 4.69) is 15.2 Å². The molecule has 0 fully saturated rings. The van der Waals surface area contributed by atoms with Gasteiger partial charge in [0, 0.05) is 18.0 Å². The maximum Gasteiger partial charge on any atom is 0.573 e. The quantitative estimate of drug-likeness (QED) is 0.334. The maximum atomic E-state index is 12.0. The fourth-order valence-electron chi connectivity index (χ4n) is 1.36. The minimum Gasteiger partial charge on any atom is -0.409 e. The number of rotatable bonds is 5. The van der Waals surface area contributed by atoms with E-state index in [1.807, 2.05) is 0 Å². The first-order chi connectivity index (χ1) is 9.73. The number of oxime groups is 1. The molecule has 0 bridgehead atoms. The van der Waals surface area contributed by atoms with Gasteiger partial charge in [-0.3, -0.25) is 4.79 Å². The number of carbonyl (C=O) groups excluding carboxylic acids is 1. The molecule has 0 aliphatic rings. The van der Waals surface area contributed by atoms with Crippen LogP contribution in [0.25, 0.3) is 0 Å². The minimum atomic E-state index is -4.78. The molecule has 21 heavy (non-hydrogen) atoms.